The maximum absolute atomic E-state index is 13.6. The second-order valence-electron chi connectivity index (χ2n) is 4.74. The zero-order chi connectivity index (χ0) is 14.5. The summed E-state index contributed by atoms with van der Waals surface area (Å²) in [5, 5.41) is 7.32. The highest BCUT2D eigenvalue weighted by Crippen LogP contribution is 2.14. The highest BCUT2D eigenvalue weighted by Gasteiger charge is 2.01. The van der Waals surface area contributed by atoms with E-state index < -0.39 is 0 Å². The predicted octanol–water partition coefficient (Wildman–Crippen LogP) is 3.08. The topological polar surface area (TPSA) is 42.7 Å². The van der Waals surface area contributed by atoms with Crippen LogP contribution in [-0.2, 0) is 13.1 Å². The second kappa shape index (κ2) is 6.17. The molecule has 0 saturated carbocycles. The number of hydrogen-bond acceptors (Lipinski definition) is 3. The summed E-state index contributed by atoms with van der Waals surface area (Å²) in [6, 6.07) is 14.8. The molecule has 2 aromatic carbocycles. The van der Waals surface area contributed by atoms with Crippen LogP contribution in [0.15, 0.2) is 61.2 Å². The SMILES string of the molecule is Fc1ccccc1CNc1cccc(Cn2cncn2)c1. The van der Waals surface area contributed by atoms with Gasteiger partial charge in [0.1, 0.15) is 18.5 Å². The molecule has 21 heavy (non-hydrogen) atoms. The first-order valence-electron chi connectivity index (χ1n) is 6.70. The average molecular weight is 282 g/mol. The van der Waals surface area contributed by atoms with E-state index in [2.05, 4.69) is 15.4 Å². The fraction of sp³-hybridized carbons (Fsp3) is 0.125. The van der Waals surface area contributed by atoms with Crippen LogP contribution in [0, 0.1) is 5.82 Å². The monoisotopic (exact) mass is 282 g/mol. The van der Waals surface area contributed by atoms with E-state index in [1.165, 1.54) is 12.4 Å². The fourth-order valence-corrected chi connectivity index (χ4v) is 2.12. The molecule has 1 heterocycles. The van der Waals surface area contributed by atoms with Gasteiger partial charge in [-0.05, 0) is 23.8 Å². The van der Waals surface area contributed by atoms with Crippen molar-refractivity contribution in [2.24, 2.45) is 0 Å². The van der Waals surface area contributed by atoms with E-state index in [1.807, 2.05) is 30.3 Å². The Hall–Kier alpha value is -2.69. The zero-order valence-electron chi connectivity index (χ0n) is 11.4. The Morgan fingerprint density at radius 2 is 2.00 bits per heavy atom. The third-order valence-corrected chi connectivity index (χ3v) is 3.18. The van der Waals surface area contributed by atoms with E-state index in [0.717, 1.165) is 11.3 Å². The molecule has 0 amide bonds. The van der Waals surface area contributed by atoms with E-state index >= 15 is 0 Å². The second-order valence-corrected chi connectivity index (χ2v) is 4.74. The number of hydrogen-bond donors (Lipinski definition) is 1. The van der Waals surface area contributed by atoms with Crippen LogP contribution >= 0.6 is 0 Å². The van der Waals surface area contributed by atoms with Crippen LogP contribution < -0.4 is 5.32 Å². The van der Waals surface area contributed by atoms with Crippen LogP contribution in [0.25, 0.3) is 0 Å². The highest BCUT2D eigenvalue weighted by atomic mass is 19.1. The summed E-state index contributed by atoms with van der Waals surface area (Å²) in [6.45, 7) is 1.12. The number of nitrogens with one attached hydrogen (secondary N) is 1. The number of anilines is 1. The van der Waals surface area contributed by atoms with E-state index in [9.17, 15) is 4.39 Å². The maximum Gasteiger partial charge on any atom is 0.137 e. The molecule has 0 aliphatic rings. The zero-order valence-corrected chi connectivity index (χ0v) is 11.4. The van der Waals surface area contributed by atoms with Crippen molar-refractivity contribution in [3.8, 4) is 0 Å². The van der Waals surface area contributed by atoms with Crippen molar-refractivity contribution >= 4 is 5.69 Å². The Bertz CT molecular complexity index is 710. The van der Waals surface area contributed by atoms with Crippen molar-refractivity contribution in [1.29, 1.82) is 0 Å². The normalized spacial score (nSPS) is 10.5. The van der Waals surface area contributed by atoms with Crippen LogP contribution in [0.5, 0.6) is 0 Å². The van der Waals surface area contributed by atoms with Gasteiger partial charge >= 0.3 is 0 Å². The van der Waals surface area contributed by atoms with E-state index in [4.69, 9.17) is 0 Å². The molecule has 0 bridgehead atoms. The van der Waals surface area contributed by atoms with E-state index in [-0.39, 0.29) is 5.82 Å². The molecule has 1 aromatic heterocycles. The molecule has 0 aliphatic carbocycles. The Labute approximate surface area is 122 Å². The third kappa shape index (κ3) is 3.45. The molecule has 0 unspecified atom stereocenters. The number of benzene rings is 2. The van der Waals surface area contributed by atoms with Crippen LogP contribution in [0.3, 0.4) is 0 Å². The molecule has 5 heteroatoms. The standard InChI is InChI=1S/C16H15FN4/c17-16-7-2-1-5-14(16)9-19-15-6-3-4-13(8-15)10-21-12-18-11-20-21/h1-8,11-12,19H,9-10H2. The largest absolute Gasteiger partial charge is 0.381 e. The fourth-order valence-electron chi connectivity index (χ4n) is 2.12. The molecule has 106 valence electrons. The van der Waals surface area contributed by atoms with Crippen molar-refractivity contribution in [2.45, 2.75) is 13.1 Å². The predicted molar refractivity (Wildman–Crippen MR) is 79.3 cm³/mol. The number of aromatic nitrogens is 3. The lowest BCUT2D eigenvalue weighted by Crippen LogP contribution is -2.03. The summed E-state index contributed by atoms with van der Waals surface area (Å²) in [5.74, 6) is -0.191. The van der Waals surface area contributed by atoms with Gasteiger partial charge < -0.3 is 5.32 Å². The highest BCUT2D eigenvalue weighted by molar-refractivity contribution is 5.46. The Kier molecular flexibility index (Phi) is 3.91. The van der Waals surface area contributed by atoms with E-state index in [1.54, 1.807) is 23.1 Å². The van der Waals surface area contributed by atoms with Gasteiger partial charge in [0.25, 0.3) is 0 Å². The van der Waals surface area contributed by atoms with Crippen LogP contribution in [-0.4, -0.2) is 14.8 Å². The van der Waals surface area contributed by atoms with Gasteiger partial charge in [-0.15, -0.1) is 0 Å². The summed E-state index contributed by atoms with van der Waals surface area (Å²) in [4.78, 5) is 3.92. The molecule has 0 aliphatic heterocycles. The Morgan fingerprint density at radius 1 is 1.10 bits per heavy atom. The van der Waals surface area contributed by atoms with Gasteiger partial charge in [-0.2, -0.15) is 5.10 Å². The maximum atomic E-state index is 13.6. The van der Waals surface area contributed by atoms with Gasteiger partial charge in [0.05, 0.1) is 6.54 Å². The minimum atomic E-state index is -0.191. The minimum Gasteiger partial charge on any atom is -0.381 e. The van der Waals surface area contributed by atoms with Crippen LogP contribution in [0.4, 0.5) is 10.1 Å². The summed E-state index contributed by atoms with van der Waals surface area (Å²) < 4.78 is 15.3. The molecule has 0 saturated heterocycles. The first-order valence-corrected chi connectivity index (χ1v) is 6.70. The van der Waals surface area contributed by atoms with Gasteiger partial charge in [0, 0.05) is 17.8 Å². The molecular formula is C16H15FN4. The molecule has 0 fully saturated rings. The molecule has 3 aromatic rings. The number of rotatable bonds is 5. The summed E-state index contributed by atoms with van der Waals surface area (Å²) >= 11 is 0. The molecular weight excluding hydrogens is 267 g/mol. The minimum absolute atomic E-state index is 0.191. The number of nitrogens with zero attached hydrogens (tertiary/aromatic N) is 3. The number of halogens is 1. The van der Waals surface area contributed by atoms with Crippen molar-refractivity contribution in [3.63, 3.8) is 0 Å². The van der Waals surface area contributed by atoms with Crippen molar-refractivity contribution < 1.29 is 4.39 Å². The first-order chi connectivity index (χ1) is 10.3. The van der Waals surface area contributed by atoms with E-state index in [0.29, 0.717) is 18.7 Å². The molecule has 0 radical (unpaired) electrons. The molecule has 0 atom stereocenters. The molecule has 1 N–H and O–H groups in total. The van der Waals surface area contributed by atoms with Gasteiger partial charge in [-0.25, -0.2) is 14.1 Å². The van der Waals surface area contributed by atoms with Crippen molar-refractivity contribution in [3.05, 3.63) is 78.1 Å². The third-order valence-electron chi connectivity index (χ3n) is 3.18. The van der Waals surface area contributed by atoms with Gasteiger partial charge in [-0.3, -0.25) is 0 Å². The quantitative estimate of drug-likeness (QED) is 0.782. The van der Waals surface area contributed by atoms with Crippen LogP contribution in [0.1, 0.15) is 11.1 Å². The summed E-state index contributed by atoms with van der Waals surface area (Å²) in [7, 11) is 0. The average Bonchev–Trinajstić information content (AvgIpc) is 3.00. The molecule has 3 rings (SSSR count). The van der Waals surface area contributed by atoms with Gasteiger partial charge in [0.15, 0.2) is 0 Å². The first kappa shape index (κ1) is 13.3. The van der Waals surface area contributed by atoms with Crippen molar-refractivity contribution in [2.75, 3.05) is 5.32 Å². The lowest BCUT2D eigenvalue weighted by molar-refractivity contribution is 0.613. The lowest BCUT2D eigenvalue weighted by atomic mass is 10.1. The smallest absolute Gasteiger partial charge is 0.137 e. The molecule has 4 nitrogen and oxygen atoms in total. The Balaban J connectivity index is 1.67. The Morgan fingerprint density at radius 3 is 2.81 bits per heavy atom. The van der Waals surface area contributed by atoms with Crippen LogP contribution in [0.2, 0.25) is 0 Å². The lowest BCUT2D eigenvalue weighted by Gasteiger charge is -2.09. The summed E-state index contributed by atoms with van der Waals surface area (Å²) in [5.41, 5.74) is 2.72. The summed E-state index contributed by atoms with van der Waals surface area (Å²) in [6.07, 6.45) is 3.19. The van der Waals surface area contributed by atoms with Gasteiger partial charge in [0.2, 0.25) is 0 Å². The van der Waals surface area contributed by atoms with Crippen molar-refractivity contribution in [1.82, 2.24) is 14.8 Å². The van der Waals surface area contributed by atoms with Gasteiger partial charge in [-0.1, -0.05) is 30.3 Å². The molecule has 0 spiro atoms.